The zero-order valence-electron chi connectivity index (χ0n) is 19.1. The Morgan fingerprint density at radius 3 is 2.56 bits per heavy atom. The maximum Gasteiger partial charge on any atom is 0.0805 e. The fraction of sp³-hybridized carbons (Fsp3) is 0.310. The average molecular weight is 444 g/mol. The van der Waals surface area contributed by atoms with Gasteiger partial charge in [0, 0.05) is 31.0 Å². The van der Waals surface area contributed by atoms with Gasteiger partial charge in [0.05, 0.1) is 12.7 Å². The molecule has 2 nitrogen and oxygen atoms in total. The molecule has 0 bridgehead atoms. The van der Waals surface area contributed by atoms with E-state index in [9.17, 15) is 0 Å². The molecule has 2 aromatic rings. The Morgan fingerprint density at radius 1 is 1.03 bits per heavy atom. The van der Waals surface area contributed by atoms with Gasteiger partial charge in [-0.2, -0.15) is 0 Å². The molecule has 1 fully saturated rings. The van der Waals surface area contributed by atoms with Crippen molar-refractivity contribution in [2.45, 2.75) is 32.4 Å². The smallest absolute Gasteiger partial charge is 0.0805 e. The van der Waals surface area contributed by atoms with Gasteiger partial charge in [-0.05, 0) is 21.4 Å². The second kappa shape index (κ2) is 11.0. The molecule has 2 aromatic carbocycles. The van der Waals surface area contributed by atoms with Gasteiger partial charge >= 0.3 is 0 Å². The van der Waals surface area contributed by atoms with Crippen LogP contribution in [0.3, 0.4) is 0 Å². The van der Waals surface area contributed by atoms with E-state index in [0.29, 0.717) is 0 Å². The molecule has 1 aliphatic heterocycles. The van der Waals surface area contributed by atoms with Crippen LogP contribution >= 0.6 is 11.8 Å². The van der Waals surface area contributed by atoms with Crippen LogP contribution in [0.1, 0.15) is 30.9 Å². The van der Waals surface area contributed by atoms with Crippen LogP contribution in [0.5, 0.6) is 0 Å². The summed E-state index contributed by atoms with van der Waals surface area (Å²) in [6, 6.07) is 21.5. The second-order valence-electron chi connectivity index (χ2n) is 9.01. The summed E-state index contributed by atoms with van der Waals surface area (Å²) < 4.78 is 6.33. The first-order valence-corrected chi connectivity index (χ1v) is 12.3. The van der Waals surface area contributed by atoms with Crippen LogP contribution in [0.15, 0.2) is 107 Å². The molecule has 0 unspecified atom stereocenters. The van der Waals surface area contributed by atoms with E-state index in [0.717, 1.165) is 26.2 Å². The highest BCUT2D eigenvalue weighted by Crippen LogP contribution is 2.39. The highest BCUT2D eigenvalue weighted by atomic mass is 32.2. The second-order valence-corrected chi connectivity index (χ2v) is 9.96. The first-order valence-electron chi connectivity index (χ1n) is 11.4. The Balaban J connectivity index is 1.49. The van der Waals surface area contributed by atoms with Gasteiger partial charge in [0.1, 0.15) is 0 Å². The van der Waals surface area contributed by atoms with Crippen LogP contribution in [0.25, 0.3) is 0 Å². The summed E-state index contributed by atoms with van der Waals surface area (Å²) >= 11 is 1.82. The fourth-order valence-corrected chi connectivity index (χ4v) is 5.17. The Bertz CT molecular complexity index is 975. The molecule has 1 aliphatic carbocycles. The number of rotatable bonds is 7. The van der Waals surface area contributed by atoms with E-state index < -0.39 is 0 Å². The minimum Gasteiger partial charge on any atom is -0.375 e. The number of morpholine rings is 1. The van der Waals surface area contributed by atoms with Crippen molar-refractivity contribution in [1.29, 1.82) is 0 Å². The van der Waals surface area contributed by atoms with E-state index >= 15 is 0 Å². The highest BCUT2D eigenvalue weighted by molar-refractivity contribution is 8.05. The van der Waals surface area contributed by atoms with E-state index in [1.54, 1.807) is 0 Å². The molecular weight excluding hydrogens is 410 g/mol. The Morgan fingerprint density at radius 2 is 1.78 bits per heavy atom. The molecule has 4 rings (SSSR count). The SMILES string of the molecule is CC1(C)C=CC=CC=C1S/C=C/[C@@H](c1ccccc1)[C@@H]1CN(Cc2ccccc2)CCO1. The van der Waals surface area contributed by atoms with Crippen LogP contribution in [0.2, 0.25) is 0 Å². The number of hydrogen-bond donors (Lipinski definition) is 0. The van der Waals surface area contributed by atoms with Gasteiger partial charge in [-0.3, -0.25) is 4.90 Å². The maximum atomic E-state index is 6.33. The normalized spacial score (nSPS) is 21.9. The summed E-state index contributed by atoms with van der Waals surface area (Å²) in [5.41, 5.74) is 2.71. The van der Waals surface area contributed by atoms with Crippen molar-refractivity contribution in [3.63, 3.8) is 0 Å². The summed E-state index contributed by atoms with van der Waals surface area (Å²) in [6.45, 7) is 8.19. The molecule has 2 atom stereocenters. The Labute approximate surface area is 197 Å². The minimum absolute atomic E-state index is 0.0363. The van der Waals surface area contributed by atoms with Crippen LogP contribution in [0.4, 0.5) is 0 Å². The van der Waals surface area contributed by atoms with E-state index in [2.05, 4.69) is 121 Å². The molecule has 0 radical (unpaired) electrons. The van der Waals surface area contributed by atoms with E-state index in [-0.39, 0.29) is 17.4 Å². The first-order chi connectivity index (χ1) is 15.6. The summed E-state index contributed by atoms with van der Waals surface area (Å²) in [7, 11) is 0. The predicted octanol–water partition coefficient (Wildman–Crippen LogP) is 6.95. The summed E-state index contributed by atoms with van der Waals surface area (Å²) in [4.78, 5) is 3.87. The number of benzene rings is 2. The first kappa shape index (κ1) is 22.8. The van der Waals surface area contributed by atoms with Crippen molar-refractivity contribution in [2.24, 2.45) is 5.41 Å². The van der Waals surface area contributed by atoms with Gasteiger partial charge in [-0.25, -0.2) is 0 Å². The van der Waals surface area contributed by atoms with Crippen LogP contribution < -0.4 is 0 Å². The van der Waals surface area contributed by atoms with E-state index in [1.165, 1.54) is 16.0 Å². The van der Waals surface area contributed by atoms with Crippen molar-refractivity contribution < 1.29 is 4.74 Å². The molecular formula is C29H33NOS. The Kier molecular flexibility index (Phi) is 7.85. The number of hydrogen-bond acceptors (Lipinski definition) is 3. The lowest BCUT2D eigenvalue weighted by Gasteiger charge is -2.36. The third-order valence-corrected chi connectivity index (χ3v) is 7.32. The molecule has 0 amide bonds. The third-order valence-electron chi connectivity index (χ3n) is 6.11. The van der Waals surface area contributed by atoms with Crippen molar-refractivity contribution in [3.05, 3.63) is 119 Å². The quantitative estimate of drug-likeness (QED) is 0.459. The number of allylic oxidation sites excluding steroid dienone is 6. The molecule has 32 heavy (non-hydrogen) atoms. The lowest BCUT2D eigenvalue weighted by Crippen LogP contribution is -2.44. The van der Waals surface area contributed by atoms with E-state index in [4.69, 9.17) is 4.74 Å². The topological polar surface area (TPSA) is 12.5 Å². The maximum absolute atomic E-state index is 6.33. The number of thioether (sulfide) groups is 1. The van der Waals surface area contributed by atoms with Crippen LogP contribution in [0, 0.1) is 5.41 Å². The zero-order valence-corrected chi connectivity index (χ0v) is 19.9. The molecule has 1 heterocycles. The molecule has 0 saturated carbocycles. The molecule has 0 N–H and O–H groups in total. The largest absolute Gasteiger partial charge is 0.375 e. The molecule has 166 valence electrons. The lowest BCUT2D eigenvalue weighted by molar-refractivity contribution is -0.0376. The van der Waals surface area contributed by atoms with Crippen molar-refractivity contribution in [3.8, 4) is 0 Å². The van der Waals surface area contributed by atoms with Crippen LogP contribution in [-0.4, -0.2) is 30.7 Å². The van der Waals surface area contributed by atoms with Gasteiger partial charge in [-0.1, -0.05) is 111 Å². The third kappa shape index (κ3) is 6.13. The Hall–Kier alpha value is -2.33. The van der Waals surface area contributed by atoms with Gasteiger partial charge in [0.25, 0.3) is 0 Å². The van der Waals surface area contributed by atoms with Gasteiger partial charge < -0.3 is 4.74 Å². The van der Waals surface area contributed by atoms with Crippen molar-refractivity contribution >= 4 is 11.8 Å². The van der Waals surface area contributed by atoms with Crippen molar-refractivity contribution in [2.75, 3.05) is 19.7 Å². The lowest BCUT2D eigenvalue weighted by atomic mass is 9.92. The fourth-order valence-electron chi connectivity index (χ4n) is 4.25. The highest BCUT2D eigenvalue weighted by Gasteiger charge is 2.28. The van der Waals surface area contributed by atoms with E-state index in [1.807, 2.05) is 11.8 Å². The molecule has 2 aliphatic rings. The summed E-state index contributed by atoms with van der Waals surface area (Å²) in [5, 5.41) is 2.26. The van der Waals surface area contributed by atoms with Gasteiger partial charge in [0.15, 0.2) is 0 Å². The summed E-state index contributed by atoms with van der Waals surface area (Å²) in [5.74, 6) is 0.225. The standard InChI is InChI=1S/C29H33NOS/c1-29(2)18-11-5-10-16-28(29)32-21-17-26(25-14-8-4-9-15-25)27-23-30(19-20-31-27)22-24-12-6-3-7-13-24/h3-18,21,26-27H,19-20,22-23H2,1-2H3/b21-17+/t26-,27-/m0/s1. The monoisotopic (exact) mass is 443 g/mol. The van der Waals surface area contributed by atoms with Gasteiger partial charge in [-0.15, -0.1) is 11.8 Å². The summed E-state index contributed by atoms with van der Waals surface area (Å²) in [6.07, 6.45) is 13.3. The van der Waals surface area contributed by atoms with Gasteiger partial charge in [0.2, 0.25) is 0 Å². The minimum atomic E-state index is 0.0363. The molecule has 3 heteroatoms. The van der Waals surface area contributed by atoms with Crippen molar-refractivity contribution in [1.82, 2.24) is 4.90 Å². The molecule has 1 saturated heterocycles. The number of ether oxygens (including phenoxy) is 1. The average Bonchev–Trinajstić information content (AvgIpc) is 2.98. The van der Waals surface area contributed by atoms with Crippen LogP contribution in [-0.2, 0) is 11.3 Å². The molecule has 0 spiro atoms. The molecule has 0 aromatic heterocycles. The predicted molar refractivity (Wildman–Crippen MR) is 138 cm³/mol. The zero-order chi connectivity index (χ0) is 22.2. The number of nitrogens with zero attached hydrogens (tertiary/aromatic N) is 1.